The molecule has 1 heterocycles. The van der Waals surface area contributed by atoms with Gasteiger partial charge in [-0.3, -0.25) is 4.79 Å². The number of esters is 1. The third-order valence-corrected chi connectivity index (χ3v) is 5.80. The van der Waals surface area contributed by atoms with Gasteiger partial charge in [0.1, 0.15) is 0 Å². The van der Waals surface area contributed by atoms with E-state index < -0.39 is 10.0 Å². The van der Waals surface area contributed by atoms with Crippen LogP contribution in [0, 0.1) is 6.92 Å². The second kappa shape index (κ2) is 6.58. The zero-order valence-corrected chi connectivity index (χ0v) is 13.2. The molecule has 0 spiro atoms. The maximum Gasteiger partial charge on any atom is 0.307 e. The van der Waals surface area contributed by atoms with Crippen molar-refractivity contribution in [1.29, 1.82) is 0 Å². The zero-order chi connectivity index (χ0) is 15.5. The molecule has 0 N–H and O–H groups in total. The van der Waals surface area contributed by atoms with Crippen LogP contribution in [0.2, 0.25) is 0 Å². The highest BCUT2D eigenvalue weighted by atomic mass is 32.2. The predicted molar refractivity (Wildman–Crippen MR) is 79.3 cm³/mol. The SMILES string of the molecule is COC(=O)CC1CCCCN1S(=O)(=O)c1ccc(C)cc1. The fourth-order valence-electron chi connectivity index (χ4n) is 2.62. The molecule has 116 valence electrons. The Labute approximate surface area is 126 Å². The van der Waals surface area contributed by atoms with Gasteiger partial charge < -0.3 is 4.74 Å². The normalized spacial score (nSPS) is 20.2. The van der Waals surface area contributed by atoms with E-state index in [4.69, 9.17) is 0 Å². The fourth-order valence-corrected chi connectivity index (χ4v) is 4.31. The number of benzene rings is 1. The number of hydrogen-bond donors (Lipinski definition) is 0. The lowest BCUT2D eigenvalue weighted by molar-refractivity contribution is -0.141. The van der Waals surface area contributed by atoms with E-state index in [0.717, 1.165) is 18.4 Å². The Bertz CT molecular complexity index is 595. The molecular weight excluding hydrogens is 290 g/mol. The van der Waals surface area contributed by atoms with Crippen molar-refractivity contribution in [3.05, 3.63) is 29.8 Å². The van der Waals surface area contributed by atoms with Crippen LogP contribution in [0.3, 0.4) is 0 Å². The summed E-state index contributed by atoms with van der Waals surface area (Å²) in [4.78, 5) is 11.8. The number of nitrogens with zero attached hydrogens (tertiary/aromatic N) is 1. The van der Waals surface area contributed by atoms with Crippen molar-refractivity contribution < 1.29 is 17.9 Å². The van der Waals surface area contributed by atoms with Gasteiger partial charge >= 0.3 is 5.97 Å². The van der Waals surface area contributed by atoms with Crippen molar-refractivity contribution in [3.63, 3.8) is 0 Å². The number of methoxy groups -OCH3 is 1. The van der Waals surface area contributed by atoms with E-state index >= 15 is 0 Å². The Hall–Kier alpha value is -1.40. The lowest BCUT2D eigenvalue weighted by atomic mass is 10.0. The fraction of sp³-hybridized carbons (Fsp3) is 0.533. The molecule has 1 aliphatic rings. The molecule has 6 heteroatoms. The van der Waals surface area contributed by atoms with Gasteiger partial charge in [0.15, 0.2) is 0 Å². The molecule has 0 bridgehead atoms. The Morgan fingerprint density at radius 3 is 2.57 bits per heavy atom. The van der Waals surface area contributed by atoms with E-state index in [0.29, 0.717) is 13.0 Å². The molecule has 1 aromatic carbocycles. The minimum atomic E-state index is -3.56. The minimum Gasteiger partial charge on any atom is -0.469 e. The molecule has 0 saturated carbocycles. The van der Waals surface area contributed by atoms with Crippen LogP contribution in [0.5, 0.6) is 0 Å². The van der Waals surface area contributed by atoms with Crippen LogP contribution in [0.1, 0.15) is 31.2 Å². The molecule has 0 amide bonds. The summed E-state index contributed by atoms with van der Waals surface area (Å²) in [7, 11) is -2.23. The first-order chi connectivity index (χ1) is 9.95. The number of rotatable bonds is 4. The van der Waals surface area contributed by atoms with Crippen molar-refractivity contribution in [2.45, 2.75) is 43.5 Å². The Morgan fingerprint density at radius 2 is 1.95 bits per heavy atom. The van der Waals surface area contributed by atoms with Crippen molar-refractivity contribution in [2.75, 3.05) is 13.7 Å². The lowest BCUT2D eigenvalue weighted by Gasteiger charge is -2.34. The third kappa shape index (κ3) is 3.63. The number of carbonyl (C=O) groups excluding carboxylic acids is 1. The maximum absolute atomic E-state index is 12.8. The van der Waals surface area contributed by atoms with Crippen LogP contribution in [0.15, 0.2) is 29.2 Å². The van der Waals surface area contributed by atoms with Crippen molar-refractivity contribution in [3.8, 4) is 0 Å². The van der Waals surface area contributed by atoms with Crippen molar-refractivity contribution >= 4 is 16.0 Å². The van der Waals surface area contributed by atoms with Crippen LogP contribution in [0.25, 0.3) is 0 Å². The molecule has 1 atom stereocenters. The number of ether oxygens (including phenoxy) is 1. The molecule has 21 heavy (non-hydrogen) atoms. The van der Waals surface area contributed by atoms with Gasteiger partial charge in [-0.2, -0.15) is 4.31 Å². The van der Waals surface area contributed by atoms with Crippen LogP contribution < -0.4 is 0 Å². The van der Waals surface area contributed by atoms with Gasteiger partial charge in [0, 0.05) is 12.6 Å². The molecule has 1 fully saturated rings. The summed E-state index contributed by atoms with van der Waals surface area (Å²) in [5.41, 5.74) is 1.01. The summed E-state index contributed by atoms with van der Waals surface area (Å²) in [6.45, 7) is 2.37. The summed E-state index contributed by atoms with van der Waals surface area (Å²) in [5.74, 6) is -0.369. The maximum atomic E-state index is 12.8. The largest absolute Gasteiger partial charge is 0.469 e. The number of piperidine rings is 1. The van der Waals surface area contributed by atoms with Gasteiger partial charge in [0.2, 0.25) is 10.0 Å². The number of hydrogen-bond acceptors (Lipinski definition) is 4. The van der Waals surface area contributed by atoms with Crippen LogP contribution in [-0.4, -0.2) is 38.4 Å². The quantitative estimate of drug-likeness (QED) is 0.799. The van der Waals surface area contributed by atoms with Crippen molar-refractivity contribution in [1.82, 2.24) is 4.31 Å². The Morgan fingerprint density at radius 1 is 1.29 bits per heavy atom. The Kier molecular flexibility index (Phi) is 5.00. The molecule has 0 radical (unpaired) electrons. The summed E-state index contributed by atoms with van der Waals surface area (Å²) < 4.78 is 31.6. The second-order valence-electron chi connectivity index (χ2n) is 5.36. The second-order valence-corrected chi connectivity index (χ2v) is 7.25. The van der Waals surface area contributed by atoms with E-state index in [9.17, 15) is 13.2 Å². The average Bonchev–Trinajstić information content (AvgIpc) is 2.48. The molecule has 5 nitrogen and oxygen atoms in total. The highest BCUT2D eigenvalue weighted by molar-refractivity contribution is 7.89. The van der Waals surface area contributed by atoms with Gasteiger partial charge in [-0.15, -0.1) is 0 Å². The lowest BCUT2D eigenvalue weighted by Crippen LogP contribution is -2.44. The van der Waals surface area contributed by atoms with Gasteiger partial charge in [0.25, 0.3) is 0 Å². The summed E-state index contributed by atoms with van der Waals surface area (Å²) >= 11 is 0. The minimum absolute atomic E-state index is 0.113. The third-order valence-electron chi connectivity index (χ3n) is 3.83. The average molecular weight is 311 g/mol. The van der Waals surface area contributed by atoms with Crippen molar-refractivity contribution in [2.24, 2.45) is 0 Å². The molecule has 2 rings (SSSR count). The smallest absolute Gasteiger partial charge is 0.307 e. The van der Waals surface area contributed by atoms with E-state index in [1.54, 1.807) is 24.3 Å². The molecule has 1 aliphatic heterocycles. The topological polar surface area (TPSA) is 63.7 Å². The summed E-state index contributed by atoms with van der Waals surface area (Å²) in [6, 6.07) is 6.50. The van der Waals surface area contributed by atoms with Gasteiger partial charge in [0.05, 0.1) is 18.4 Å². The highest BCUT2D eigenvalue weighted by Gasteiger charge is 2.34. The molecule has 1 saturated heterocycles. The standard InChI is InChI=1S/C15H21NO4S/c1-12-6-8-14(9-7-12)21(18,19)16-10-4-3-5-13(16)11-15(17)20-2/h6-9,13H,3-5,10-11H2,1-2H3. The van der Waals surface area contributed by atoms with Gasteiger partial charge in [-0.25, -0.2) is 8.42 Å². The molecule has 1 aromatic rings. The van der Waals surface area contributed by atoms with Gasteiger partial charge in [-0.1, -0.05) is 24.1 Å². The zero-order valence-electron chi connectivity index (χ0n) is 12.4. The van der Waals surface area contributed by atoms with Gasteiger partial charge in [-0.05, 0) is 31.9 Å². The first kappa shape index (κ1) is 16.0. The number of sulfonamides is 1. The summed E-state index contributed by atoms with van der Waals surface area (Å²) in [5, 5.41) is 0. The first-order valence-corrected chi connectivity index (χ1v) is 8.54. The number of carbonyl (C=O) groups is 1. The number of aryl methyl sites for hydroxylation is 1. The molecular formula is C15H21NO4S. The predicted octanol–water partition coefficient (Wildman–Crippen LogP) is 2.10. The molecule has 1 unspecified atom stereocenters. The monoisotopic (exact) mass is 311 g/mol. The van der Waals surface area contributed by atoms with Crippen LogP contribution >= 0.6 is 0 Å². The van der Waals surface area contributed by atoms with E-state index in [1.807, 2.05) is 6.92 Å². The summed E-state index contributed by atoms with van der Waals surface area (Å²) in [6.07, 6.45) is 2.56. The van der Waals surface area contributed by atoms with E-state index in [-0.39, 0.29) is 23.3 Å². The van der Waals surface area contributed by atoms with Crippen LogP contribution in [0.4, 0.5) is 0 Å². The highest BCUT2D eigenvalue weighted by Crippen LogP contribution is 2.27. The van der Waals surface area contributed by atoms with E-state index in [2.05, 4.69) is 4.74 Å². The van der Waals surface area contributed by atoms with Crippen LogP contribution in [-0.2, 0) is 19.6 Å². The molecule has 0 aromatic heterocycles. The first-order valence-electron chi connectivity index (χ1n) is 7.10. The van der Waals surface area contributed by atoms with E-state index in [1.165, 1.54) is 11.4 Å². The molecule has 0 aliphatic carbocycles. The Balaban J connectivity index is 2.27.